The fourth-order valence-electron chi connectivity index (χ4n) is 2.41. The van der Waals surface area contributed by atoms with Crippen molar-refractivity contribution in [2.75, 3.05) is 12.4 Å². The molecule has 0 bridgehead atoms. The van der Waals surface area contributed by atoms with Gasteiger partial charge in [0.15, 0.2) is 0 Å². The highest BCUT2D eigenvalue weighted by molar-refractivity contribution is 6.30. The Kier molecular flexibility index (Phi) is 5.37. The Bertz CT molecular complexity index is 1110. The van der Waals surface area contributed by atoms with Gasteiger partial charge < -0.3 is 15.0 Å². The van der Waals surface area contributed by atoms with Crippen LogP contribution < -0.4 is 15.6 Å². The minimum absolute atomic E-state index is 0.0582. The zero-order chi connectivity index (χ0) is 20.3. The first-order valence-corrected chi connectivity index (χ1v) is 8.26. The molecule has 3 rings (SSSR count). The van der Waals surface area contributed by atoms with Crippen LogP contribution in [-0.4, -0.2) is 27.9 Å². The van der Waals surface area contributed by atoms with Crippen molar-refractivity contribution < 1.29 is 14.5 Å². The van der Waals surface area contributed by atoms with Crippen LogP contribution in [0.5, 0.6) is 5.75 Å². The normalized spacial score (nSPS) is 10.4. The van der Waals surface area contributed by atoms with Crippen LogP contribution in [0.25, 0.3) is 11.4 Å². The monoisotopic (exact) mass is 400 g/mol. The van der Waals surface area contributed by atoms with Gasteiger partial charge in [0.2, 0.25) is 0 Å². The van der Waals surface area contributed by atoms with Gasteiger partial charge in [-0.05, 0) is 30.3 Å². The minimum atomic E-state index is -0.782. The van der Waals surface area contributed by atoms with Gasteiger partial charge in [-0.1, -0.05) is 11.6 Å². The highest BCUT2D eigenvalue weighted by atomic mass is 35.5. The number of hydrogen-bond acceptors (Lipinski definition) is 6. The number of halogens is 1. The first-order chi connectivity index (χ1) is 13.4. The van der Waals surface area contributed by atoms with E-state index < -0.39 is 16.4 Å². The van der Waals surface area contributed by atoms with E-state index in [0.717, 1.165) is 12.3 Å². The molecule has 9 nitrogen and oxygen atoms in total. The molecule has 0 aliphatic heterocycles. The van der Waals surface area contributed by atoms with Crippen molar-refractivity contribution in [3.05, 3.63) is 79.7 Å². The molecule has 1 amide bonds. The number of aromatic nitrogens is 2. The van der Waals surface area contributed by atoms with E-state index in [1.807, 2.05) is 0 Å². The number of methoxy groups -OCH3 is 1. The van der Waals surface area contributed by atoms with Crippen LogP contribution in [0.1, 0.15) is 10.4 Å². The lowest BCUT2D eigenvalue weighted by atomic mass is 10.2. The Labute approximate surface area is 163 Å². The Hall–Kier alpha value is -3.72. The molecule has 0 fully saturated rings. The summed E-state index contributed by atoms with van der Waals surface area (Å²) in [6.45, 7) is 0. The maximum atomic E-state index is 12.5. The maximum absolute atomic E-state index is 12.5. The highest BCUT2D eigenvalue weighted by Gasteiger charge is 2.17. The molecule has 0 aliphatic carbocycles. The number of rotatable bonds is 5. The number of carbonyl (C=O) groups excluding carboxylic acids is 1. The summed E-state index contributed by atoms with van der Waals surface area (Å²) in [5.74, 6) is -0.303. The van der Waals surface area contributed by atoms with E-state index >= 15 is 0 Å². The Morgan fingerprint density at radius 2 is 1.96 bits per heavy atom. The van der Waals surface area contributed by atoms with E-state index in [2.05, 4.69) is 15.3 Å². The molecule has 10 heteroatoms. The van der Waals surface area contributed by atoms with Crippen molar-refractivity contribution in [2.24, 2.45) is 0 Å². The number of non-ortho nitro benzene ring substituents is 1. The van der Waals surface area contributed by atoms with Crippen LogP contribution in [0.3, 0.4) is 0 Å². The maximum Gasteiger partial charge on any atom is 0.271 e. The molecule has 28 heavy (non-hydrogen) atoms. The number of nitro groups is 1. The molecule has 3 aromatic rings. The number of nitro benzene ring substituents is 1. The molecule has 0 unspecified atom stereocenters. The summed E-state index contributed by atoms with van der Waals surface area (Å²) < 4.78 is 5.08. The number of ether oxygens (including phenoxy) is 1. The molecular formula is C18H13ClN4O5. The third kappa shape index (κ3) is 3.99. The SMILES string of the molecule is COc1ccc([N+](=O)[O-])cc1NC(=O)c1cnc(-c2ccc(Cl)cc2)[nH]c1=O. The molecule has 0 atom stereocenters. The van der Waals surface area contributed by atoms with E-state index in [9.17, 15) is 19.7 Å². The molecule has 1 aromatic heterocycles. The Morgan fingerprint density at radius 1 is 1.25 bits per heavy atom. The van der Waals surface area contributed by atoms with Crippen LogP contribution in [-0.2, 0) is 0 Å². The Balaban J connectivity index is 1.89. The van der Waals surface area contributed by atoms with Gasteiger partial charge >= 0.3 is 0 Å². The summed E-state index contributed by atoms with van der Waals surface area (Å²) in [5.41, 5.74) is -0.481. The number of aromatic amines is 1. The number of nitrogens with zero attached hydrogens (tertiary/aromatic N) is 2. The van der Waals surface area contributed by atoms with Crippen LogP contribution in [0.4, 0.5) is 11.4 Å². The van der Waals surface area contributed by atoms with Crippen molar-refractivity contribution in [1.82, 2.24) is 9.97 Å². The van der Waals surface area contributed by atoms with E-state index in [0.29, 0.717) is 10.6 Å². The number of nitrogens with one attached hydrogen (secondary N) is 2. The zero-order valence-electron chi connectivity index (χ0n) is 14.4. The first-order valence-electron chi connectivity index (χ1n) is 7.88. The fourth-order valence-corrected chi connectivity index (χ4v) is 2.53. The van der Waals surface area contributed by atoms with Crippen molar-refractivity contribution in [2.45, 2.75) is 0 Å². The number of H-pyrrole nitrogens is 1. The minimum Gasteiger partial charge on any atom is -0.495 e. The molecule has 0 saturated heterocycles. The zero-order valence-corrected chi connectivity index (χ0v) is 15.2. The molecule has 2 N–H and O–H groups in total. The lowest BCUT2D eigenvalue weighted by Crippen LogP contribution is -2.24. The van der Waals surface area contributed by atoms with Crippen LogP contribution >= 0.6 is 11.6 Å². The quantitative estimate of drug-likeness (QED) is 0.499. The number of amides is 1. The molecule has 0 spiro atoms. The van der Waals surface area contributed by atoms with Gasteiger partial charge in [0.05, 0.1) is 17.7 Å². The van der Waals surface area contributed by atoms with Gasteiger partial charge in [-0.3, -0.25) is 19.7 Å². The predicted molar refractivity (Wildman–Crippen MR) is 103 cm³/mol. The second-order valence-electron chi connectivity index (χ2n) is 5.58. The summed E-state index contributed by atoms with van der Waals surface area (Å²) in [5, 5.41) is 13.9. The van der Waals surface area contributed by atoms with Crippen molar-refractivity contribution in [3.63, 3.8) is 0 Å². The number of anilines is 1. The predicted octanol–water partition coefficient (Wildman–Crippen LogP) is 3.26. The molecule has 2 aromatic carbocycles. The van der Waals surface area contributed by atoms with E-state index in [1.54, 1.807) is 24.3 Å². The van der Waals surface area contributed by atoms with E-state index in [1.165, 1.54) is 19.2 Å². The second kappa shape index (κ2) is 7.89. The molecule has 142 valence electrons. The van der Waals surface area contributed by atoms with Gasteiger partial charge in [-0.25, -0.2) is 4.98 Å². The summed E-state index contributed by atoms with van der Waals surface area (Å²) in [6.07, 6.45) is 1.13. The van der Waals surface area contributed by atoms with Crippen molar-refractivity contribution in [3.8, 4) is 17.1 Å². The lowest BCUT2D eigenvalue weighted by Gasteiger charge is -2.10. The van der Waals surface area contributed by atoms with Gasteiger partial charge in [0, 0.05) is 28.9 Å². The Morgan fingerprint density at radius 3 is 2.57 bits per heavy atom. The average Bonchev–Trinajstić information content (AvgIpc) is 2.68. The number of carbonyl (C=O) groups is 1. The van der Waals surface area contributed by atoms with Crippen molar-refractivity contribution >= 4 is 28.9 Å². The highest BCUT2D eigenvalue weighted by Crippen LogP contribution is 2.29. The molecule has 1 heterocycles. The molecular weight excluding hydrogens is 388 g/mol. The fraction of sp³-hybridized carbons (Fsp3) is 0.0556. The molecule has 0 aliphatic rings. The summed E-state index contributed by atoms with van der Waals surface area (Å²) >= 11 is 5.83. The largest absolute Gasteiger partial charge is 0.495 e. The standard InChI is InChI=1S/C18H13ClN4O5/c1-28-15-7-6-12(23(26)27)8-14(15)21-17(24)13-9-20-16(22-18(13)25)10-2-4-11(19)5-3-10/h2-9H,1H3,(H,21,24)(H,20,22,25). The van der Waals surface area contributed by atoms with Crippen LogP contribution in [0.15, 0.2) is 53.5 Å². The average molecular weight is 401 g/mol. The smallest absolute Gasteiger partial charge is 0.271 e. The van der Waals surface area contributed by atoms with Gasteiger partial charge in [-0.15, -0.1) is 0 Å². The van der Waals surface area contributed by atoms with Gasteiger partial charge in [-0.2, -0.15) is 0 Å². The van der Waals surface area contributed by atoms with Crippen LogP contribution in [0, 0.1) is 10.1 Å². The summed E-state index contributed by atoms with van der Waals surface area (Å²) in [4.78, 5) is 41.7. The van der Waals surface area contributed by atoms with Crippen LogP contribution in [0.2, 0.25) is 5.02 Å². The first kappa shape index (κ1) is 19.1. The van der Waals surface area contributed by atoms with Crippen molar-refractivity contribution in [1.29, 1.82) is 0 Å². The lowest BCUT2D eigenvalue weighted by molar-refractivity contribution is -0.384. The van der Waals surface area contributed by atoms with E-state index in [-0.39, 0.29) is 28.5 Å². The third-order valence-corrected chi connectivity index (χ3v) is 4.06. The van der Waals surface area contributed by atoms with Gasteiger partial charge in [0.25, 0.3) is 17.2 Å². The summed E-state index contributed by atoms with van der Waals surface area (Å²) in [7, 11) is 1.35. The second-order valence-corrected chi connectivity index (χ2v) is 6.01. The number of hydrogen-bond donors (Lipinski definition) is 2. The van der Waals surface area contributed by atoms with Gasteiger partial charge in [0.1, 0.15) is 17.1 Å². The molecule has 0 radical (unpaired) electrons. The topological polar surface area (TPSA) is 127 Å². The summed E-state index contributed by atoms with van der Waals surface area (Å²) in [6, 6.07) is 10.4. The third-order valence-electron chi connectivity index (χ3n) is 3.80. The van der Waals surface area contributed by atoms with E-state index in [4.69, 9.17) is 16.3 Å². The number of benzene rings is 2. The molecule has 0 saturated carbocycles.